The van der Waals surface area contributed by atoms with Gasteiger partial charge in [0, 0.05) is 6.04 Å². The van der Waals surface area contributed by atoms with Crippen LogP contribution >= 0.6 is 11.8 Å². The molecular weight excluding hydrogens is 422 g/mol. The van der Waals surface area contributed by atoms with Crippen LogP contribution in [-0.2, 0) is 4.79 Å². The van der Waals surface area contributed by atoms with Crippen LogP contribution in [-0.4, -0.2) is 36.9 Å². The molecule has 0 saturated carbocycles. The van der Waals surface area contributed by atoms with Gasteiger partial charge in [0.05, 0.1) is 22.3 Å². The van der Waals surface area contributed by atoms with E-state index in [1.807, 2.05) is 67.6 Å². The molecule has 7 nitrogen and oxygen atoms in total. The lowest BCUT2D eigenvalue weighted by Crippen LogP contribution is -2.37. The number of carbonyl (C=O) groups excluding carboxylic acids is 1. The van der Waals surface area contributed by atoms with Crippen LogP contribution in [0.1, 0.15) is 31.9 Å². The summed E-state index contributed by atoms with van der Waals surface area (Å²) in [6.07, 6.45) is 0. The van der Waals surface area contributed by atoms with Crippen LogP contribution in [0, 0.1) is 19.8 Å². The molecule has 1 N–H and O–H groups in total. The molecular formula is C24H27N5O2S. The van der Waals surface area contributed by atoms with Gasteiger partial charge in [-0.3, -0.25) is 14.0 Å². The van der Waals surface area contributed by atoms with Gasteiger partial charge in [-0.1, -0.05) is 55.9 Å². The lowest BCUT2D eigenvalue weighted by molar-refractivity contribution is -0.119. The number of hydrogen-bond donors (Lipinski definition) is 1. The minimum absolute atomic E-state index is 0.0553. The van der Waals surface area contributed by atoms with E-state index in [1.54, 1.807) is 4.57 Å². The Hall–Kier alpha value is -3.13. The van der Waals surface area contributed by atoms with E-state index in [4.69, 9.17) is 0 Å². The summed E-state index contributed by atoms with van der Waals surface area (Å²) in [6.45, 7) is 10.1. The van der Waals surface area contributed by atoms with Crippen LogP contribution in [0.5, 0.6) is 0 Å². The van der Waals surface area contributed by atoms with E-state index in [0.717, 1.165) is 22.3 Å². The van der Waals surface area contributed by atoms with Gasteiger partial charge in [-0.25, -0.2) is 4.57 Å². The van der Waals surface area contributed by atoms with Crippen LogP contribution in [0.3, 0.4) is 0 Å². The Morgan fingerprint density at radius 2 is 1.72 bits per heavy atom. The molecule has 1 unspecified atom stereocenters. The molecule has 1 atom stereocenters. The van der Waals surface area contributed by atoms with Crippen molar-refractivity contribution in [2.24, 2.45) is 5.92 Å². The molecule has 2 aromatic heterocycles. The summed E-state index contributed by atoms with van der Waals surface area (Å²) >= 11 is 1.31. The first-order valence-electron chi connectivity index (χ1n) is 10.7. The maximum atomic E-state index is 13.5. The number of nitrogens with zero attached hydrogens (tertiary/aromatic N) is 4. The van der Waals surface area contributed by atoms with E-state index in [-0.39, 0.29) is 23.3 Å². The Kier molecular flexibility index (Phi) is 6.06. The number of amides is 1. The first kappa shape index (κ1) is 22.1. The fourth-order valence-corrected chi connectivity index (χ4v) is 4.48. The van der Waals surface area contributed by atoms with Crippen LogP contribution in [0.15, 0.2) is 52.4 Å². The summed E-state index contributed by atoms with van der Waals surface area (Å²) in [7, 11) is 0. The molecule has 0 fully saturated rings. The minimum Gasteiger partial charge on any atom is -0.353 e. The number of rotatable bonds is 6. The van der Waals surface area contributed by atoms with Gasteiger partial charge < -0.3 is 5.32 Å². The van der Waals surface area contributed by atoms with Crippen molar-refractivity contribution in [1.29, 1.82) is 0 Å². The summed E-state index contributed by atoms with van der Waals surface area (Å²) < 4.78 is 3.50. The zero-order valence-electron chi connectivity index (χ0n) is 18.9. The standard InChI is InChI=1S/C24H27N5O2S/c1-14(2)17(5)25-20(30)13-32-24-27-26-23-28(24)19-12-7-6-11-18(19)22(31)29(23)21-15(3)9-8-10-16(21)4/h6-12,14,17H,13H2,1-5H3,(H,25,30). The molecule has 0 saturated heterocycles. The second-order valence-electron chi connectivity index (χ2n) is 8.40. The van der Waals surface area contributed by atoms with E-state index in [0.29, 0.717) is 22.2 Å². The normalized spacial score (nSPS) is 12.6. The van der Waals surface area contributed by atoms with Gasteiger partial charge in [-0.2, -0.15) is 0 Å². The molecule has 4 rings (SSSR count). The van der Waals surface area contributed by atoms with E-state index in [1.165, 1.54) is 11.8 Å². The number of thioether (sulfide) groups is 1. The minimum atomic E-state index is -0.141. The summed E-state index contributed by atoms with van der Waals surface area (Å²) in [5, 5.41) is 12.9. The highest BCUT2D eigenvalue weighted by Gasteiger charge is 2.20. The number of fused-ring (bicyclic) bond motifs is 3. The highest BCUT2D eigenvalue weighted by molar-refractivity contribution is 7.99. The fourth-order valence-electron chi connectivity index (χ4n) is 3.72. The number of aromatic nitrogens is 4. The maximum absolute atomic E-state index is 13.5. The average molecular weight is 450 g/mol. The van der Waals surface area contributed by atoms with Gasteiger partial charge >= 0.3 is 0 Å². The highest BCUT2D eigenvalue weighted by atomic mass is 32.2. The van der Waals surface area contributed by atoms with Crippen molar-refractivity contribution < 1.29 is 4.79 Å². The molecule has 0 bridgehead atoms. The number of aryl methyl sites for hydroxylation is 2. The van der Waals surface area contributed by atoms with Crippen LogP contribution < -0.4 is 10.9 Å². The second-order valence-corrected chi connectivity index (χ2v) is 9.35. The summed E-state index contributed by atoms with van der Waals surface area (Å²) in [4.78, 5) is 26.0. The quantitative estimate of drug-likeness (QED) is 0.452. The second kappa shape index (κ2) is 8.78. The Bertz CT molecular complexity index is 1350. The third kappa shape index (κ3) is 3.90. The fraction of sp³-hybridized carbons (Fsp3) is 0.333. The smallest absolute Gasteiger partial charge is 0.267 e. The zero-order valence-corrected chi connectivity index (χ0v) is 19.7. The highest BCUT2D eigenvalue weighted by Crippen LogP contribution is 2.25. The Labute approximate surface area is 190 Å². The van der Waals surface area contributed by atoms with Crippen LogP contribution in [0.2, 0.25) is 0 Å². The molecule has 8 heteroatoms. The monoisotopic (exact) mass is 449 g/mol. The van der Waals surface area contributed by atoms with E-state index in [9.17, 15) is 9.59 Å². The third-order valence-corrected chi connectivity index (χ3v) is 6.71. The Morgan fingerprint density at radius 3 is 2.41 bits per heavy atom. The van der Waals surface area contributed by atoms with Crippen molar-refractivity contribution in [3.05, 3.63) is 63.9 Å². The maximum Gasteiger partial charge on any atom is 0.267 e. The number of benzene rings is 2. The van der Waals surface area contributed by atoms with Crippen molar-refractivity contribution in [3.63, 3.8) is 0 Å². The van der Waals surface area contributed by atoms with Crippen molar-refractivity contribution >= 4 is 34.3 Å². The molecule has 166 valence electrons. The number of nitrogens with one attached hydrogen (secondary N) is 1. The van der Waals surface area contributed by atoms with Crippen molar-refractivity contribution in [3.8, 4) is 5.69 Å². The Balaban J connectivity index is 1.86. The van der Waals surface area contributed by atoms with Crippen LogP contribution in [0.4, 0.5) is 0 Å². The summed E-state index contributed by atoms with van der Waals surface area (Å²) in [5.74, 6) is 0.952. The van der Waals surface area contributed by atoms with Crippen molar-refractivity contribution in [1.82, 2.24) is 24.5 Å². The van der Waals surface area contributed by atoms with Crippen molar-refractivity contribution in [2.45, 2.75) is 45.8 Å². The van der Waals surface area contributed by atoms with Crippen molar-refractivity contribution in [2.75, 3.05) is 5.75 Å². The van der Waals surface area contributed by atoms with Gasteiger partial charge in [0.25, 0.3) is 5.56 Å². The summed E-state index contributed by atoms with van der Waals surface area (Å²) in [6, 6.07) is 13.4. The Morgan fingerprint density at radius 1 is 1.03 bits per heavy atom. The molecule has 4 aromatic rings. The predicted molar refractivity (Wildman–Crippen MR) is 129 cm³/mol. The van der Waals surface area contributed by atoms with E-state index in [2.05, 4.69) is 29.4 Å². The van der Waals surface area contributed by atoms with Gasteiger partial charge in [0.2, 0.25) is 11.7 Å². The number of hydrogen-bond acceptors (Lipinski definition) is 5. The largest absolute Gasteiger partial charge is 0.353 e. The average Bonchev–Trinajstić information content (AvgIpc) is 3.18. The first-order chi connectivity index (χ1) is 15.3. The first-order valence-corrected chi connectivity index (χ1v) is 11.7. The van der Waals surface area contributed by atoms with E-state index >= 15 is 0 Å². The molecule has 0 spiro atoms. The zero-order chi connectivity index (χ0) is 23.0. The van der Waals surface area contributed by atoms with Crippen LogP contribution in [0.25, 0.3) is 22.4 Å². The summed E-state index contributed by atoms with van der Waals surface area (Å²) in [5.41, 5.74) is 3.34. The molecule has 0 aliphatic rings. The van der Waals surface area contributed by atoms with E-state index < -0.39 is 0 Å². The molecule has 0 radical (unpaired) electrons. The number of para-hydroxylation sites is 2. The predicted octanol–water partition coefficient (Wildman–Crippen LogP) is 3.90. The molecule has 2 aromatic carbocycles. The van der Waals surface area contributed by atoms with Gasteiger partial charge in [-0.05, 0) is 49.9 Å². The molecule has 1 amide bonds. The molecule has 2 heterocycles. The van der Waals surface area contributed by atoms with Gasteiger partial charge in [0.1, 0.15) is 0 Å². The molecule has 0 aliphatic carbocycles. The lowest BCUT2D eigenvalue weighted by atomic mass is 10.1. The van der Waals surface area contributed by atoms with Gasteiger partial charge in [-0.15, -0.1) is 10.2 Å². The SMILES string of the molecule is Cc1cccc(C)c1-n1c(=O)c2ccccc2n2c(SCC(=O)NC(C)C(C)C)nnc12. The molecule has 32 heavy (non-hydrogen) atoms. The topological polar surface area (TPSA) is 81.3 Å². The lowest BCUT2D eigenvalue weighted by Gasteiger charge is -2.17. The van der Waals surface area contributed by atoms with Gasteiger partial charge in [0.15, 0.2) is 5.16 Å². The molecule has 0 aliphatic heterocycles. The third-order valence-electron chi connectivity index (χ3n) is 5.78. The number of carbonyl (C=O) groups is 1.